The lowest BCUT2D eigenvalue weighted by molar-refractivity contribution is -0.134. The number of Topliss-reactive ketones (excluding diaryl/α,β-unsaturated/α-hetero) is 1. The Hall–Kier alpha value is -1.84. The lowest BCUT2D eigenvalue weighted by Gasteiger charge is -2.30. The van der Waals surface area contributed by atoms with Crippen LogP contribution in [0.4, 0.5) is 0 Å². The van der Waals surface area contributed by atoms with E-state index in [9.17, 15) is 9.59 Å². The largest absolute Gasteiger partial charge is 0.496 e. The highest BCUT2D eigenvalue weighted by Crippen LogP contribution is 2.28. The molecule has 4 heteroatoms. The molecule has 2 rings (SSSR count). The molecule has 0 spiro atoms. The number of amides is 1. The molecule has 1 aromatic carbocycles. The molecule has 1 aromatic rings. The Labute approximate surface area is 113 Å². The van der Waals surface area contributed by atoms with E-state index in [4.69, 9.17) is 4.74 Å². The number of hydrogen-bond donors (Lipinski definition) is 0. The molecule has 19 heavy (non-hydrogen) atoms. The first kappa shape index (κ1) is 13.6. The Morgan fingerprint density at radius 2 is 2.05 bits per heavy atom. The second-order valence-electron chi connectivity index (χ2n) is 5.50. The number of ketones is 1. The first-order valence-electron chi connectivity index (χ1n) is 6.38. The molecule has 0 aliphatic carbocycles. The summed E-state index contributed by atoms with van der Waals surface area (Å²) in [5.41, 5.74) is 0.473. The normalized spacial score (nSPS) is 17.6. The van der Waals surface area contributed by atoms with E-state index < -0.39 is 0 Å². The van der Waals surface area contributed by atoms with Crippen LogP contribution in [0.15, 0.2) is 24.3 Å². The fraction of sp³-hybridized carbons (Fsp3) is 0.467. The maximum Gasteiger partial charge on any atom is 0.227 e. The molecule has 1 fully saturated rings. The van der Waals surface area contributed by atoms with E-state index in [0.717, 1.165) is 5.56 Å². The van der Waals surface area contributed by atoms with E-state index in [2.05, 4.69) is 0 Å². The van der Waals surface area contributed by atoms with Gasteiger partial charge in [-0.1, -0.05) is 18.2 Å². The Bertz CT molecular complexity index is 508. The highest BCUT2D eigenvalue weighted by molar-refractivity contribution is 5.92. The van der Waals surface area contributed by atoms with Crippen molar-refractivity contribution in [3.05, 3.63) is 29.8 Å². The van der Waals surface area contributed by atoms with Gasteiger partial charge in [-0.3, -0.25) is 9.59 Å². The first-order chi connectivity index (χ1) is 8.94. The van der Waals surface area contributed by atoms with E-state index >= 15 is 0 Å². The van der Waals surface area contributed by atoms with Gasteiger partial charge >= 0.3 is 0 Å². The van der Waals surface area contributed by atoms with Crippen LogP contribution in [0.5, 0.6) is 5.75 Å². The van der Waals surface area contributed by atoms with E-state index in [1.54, 1.807) is 12.0 Å². The highest BCUT2D eigenvalue weighted by atomic mass is 16.5. The average Bonchev–Trinajstić information content (AvgIpc) is 2.63. The van der Waals surface area contributed by atoms with Crippen molar-refractivity contribution in [2.75, 3.05) is 13.7 Å². The molecule has 1 aliphatic heterocycles. The van der Waals surface area contributed by atoms with Gasteiger partial charge in [0.1, 0.15) is 5.75 Å². The maximum atomic E-state index is 12.4. The number of carbonyl (C=O) groups excluding carboxylic acids is 2. The van der Waals surface area contributed by atoms with Crippen molar-refractivity contribution in [2.45, 2.75) is 32.2 Å². The van der Waals surface area contributed by atoms with Gasteiger partial charge in [-0.2, -0.15) is 0 Å². The fourth-order valence-electron chi connectivity index (χ4n) is 2.56. The molecule has 0 aromatic heterocycles. The molecule has 0 bridgehead atoms. The topological polar surface area (TPSA) is 46.6 Å². The summed E-state index contributed by atoms with van der Waals surface area (Å²) in [6.45, 7) is 4.08. The zero-order chi connectivity index (χ0) is 14.0. The summed E-state index contributed by atoms with van der Waals surface area (Å²) < 4.78 is 5.24. The van der Waals surface area contributed by atoms with Crippen molar-refractivity contribution in [1.29, 1.82) is 0 Å². The van der Waals surface area contributed by atoms with Crippen molar-refractivity contribution >= 4 is 11.7 Å². The van der Waals surface area contributed by atoms with Crippen molar-refractivity contribution in [3.8, 4) is 5.75 Å². The number of likely N-dealkylation sites (tertiary alicyclic amines) is 1. The molecule has 1 heterocycles. The molecule has 1 aliphatic rings. The summed E-state index contributed by atoms with van der Waals surface area (Å²) in [7, 11) is 1.59. The zero-order valence-corrected chi connectivity index (χ0v) is 11.6. The Kier molecular flexibility index (Phi) is 3.60. The molecule has 1 saturated heterocycles. The van der Waals surface area contributed by atoms with Crippen molar-refractivity contribution in [1.82, 2.24) is 4.90 Å². The van der Waals surface area contributed by atoms with Crippen molar-refractivity contribution in [2.24, 2.45) is 0 Å². The van der Waals surface area contributed by atoms with Crippen LogP contribution in [0.3, 0.4) is 0 Å². The van der Waals surface area contributed by atoms with Gasteiger partial charge < -0.3 is 9.64 Å². The summed E-state index contributed by atoms with van der Waals surface area (Å²) in [4.78, 5) is 25.6. The summed E-state index contributed by atoms with van der Waals surface area (Å²) in [6.07, 6.45) is 0.700. The minimum Gasteiger partial charge on any atom is -0.496 e. The maximum absolute atomic E-state index is 12.4. The van der Waals surface area contributed by atoms with Gasteiger partial charge in [0.05, 0.1) is 20.1 Å². The summed E-state index contributed by atoms with van der Waals surface area (Å²) in [6, 6.07) is 7.46. The Morgan fingerprint density at radius 1 is 1.37 bits per heavy atom. The molecule has 0 atom stereocenters. The monoisotopic (exact) mass is 261 g/mol. The number of benzene rings is 1. The lowest BCUT2D eigenvalue weighted by atomic mass is 10.0. The number of para-hydroxylation sites is 1. The first-order valence-corrected chi connectivity index (χ1v) is 6.38. The third-order valence-electron chi connectivity index (χ3n) is 3.53. The summed E-state index contributed by atoms with van der Waals surface area (Å²) >= 11 is 0. The van der Waals surface area contributed by atoms with Crippen LogP contribution >= 0.6 is 0 Å². The van der Waals surface area contributed by atoms with Gasteiger partial charge in [0.2, 0.25) is 5.91 Å². The predicted molar refractivity (Wildman–Crippen MR) is 72.1 cm³/mol. The van der Waals surface area contributed by atoms with Gasteiger partial charge in [-0.05, 0) is 19.9 Å². The van der Waals surface area contributed by atoms with Gasteiger partial charge in [0.15, 0.2) is 5.78 Å². The summed E-state index contributed by atoms with van der Waals surface area (Å²) in [5.74, 6) is 0.804. The molecular formula is C15H19NO3. The molecule has 0 radical (unpaired) electrons. The standard InChI is InChI=1S/C15H19NO3/c1-15(2)9-12(17)10-16(15)14(18)8-11-6-4-5-7-13(11)19-3/h4-7H,8-10H2,1-3H3. The molecule has 102 valence electrons. The van der Waals surface area contributed by atoms with Gasteiger partial charge in [0.25, 0.3) is 0 Å². The van der Waals surface area contributed by atoms with Crippen LogP contribution in [-0.4, -0.2) is 35.8 Å². The number of nitrogens with zero attached hydrogens (tertiary/aromatic N) is 1. The van der Waals surface area contributed by atoms with E-state index in [0.29, 0.717) is 12.2 Å². The van der Waals surface area contributed by atoms with Crippen LogP contribution in [-0.2, 0) is 16.0 Å². The minimum absolute atomic E-state index is 0.0275. The number of hydrogen-bond acceptors (Lipinski definition) is 3. The third-order valence-corrected chi connectivity index (χ3v) is 3.53. The zero-order valence-electron chi connectivity index (χ0n) is 11.6. The average molecular weight is 261 g/mol. The number of carbonyl (C=O) groups is 2. The van der Waals surface area contributed by atoms with E-state index in [-0.39, 0.29) is 30.2 Å². The smallest absolute Gasteiger partial charge is 0.227 e. The predicted octanol–water partition coefficient (Wildman–Crippen LogP) is 1.82. The molecule has 0 saturated carbocycles. The van der Waals surface area contributed by atoms with Crippen molar-refractivity contribution < 1.29 is 14.3 Å². The van der Waals surface area contributed by atoms with E-state index in [1.165, 1.54) is 0 Å². The van der Waals surface area contributed by atoms with Gasteiger partial charge in [0, 0.05) is 17.5 Å². The summed E-state index contributed by atoms with van der Waals surface area (Å²) in [5, 5.41) is 0. The SMILES string of the molecule is COc1ccccc1CC(=O)N1CC(=O)CC1(C)C. The highest BCUT2D eigenvalue weighted by Gasteiger charge is 2.40. The van der Waals surface area contributed by atoms with Gasteiger partial charge in [-0.25, -0.2) is 0 Å². The van der Waals surface area contributed by atoms with Crippen LogP contribution in [0.25, 0.3) is 0 Å². The second-order valence-corrected chi connectivity index (χ2v) is 5.50. The third kappa shape index (κ3) is 2.78. The molecular weight excluding hydrogens is 242 g/mol. The molecule has 0 unspecified atom stereocenters. The van der Waals surface area contributed by atoms with Crippen molar-refractivity contribution in [3.63, 3.8) is 0 Å². The lowest BCUT2D eigenvalue weighted by Crippen LogP contribution is -2.43. The number of methoxy groups -OCH3 is 1. The minimum atomic E-state index is -0.379. The number of ether oxygens (including phenoxy) is 1. The second kappa shape index (κ2) is 5.03. The Balaban J connectivity index is 2.15. The van der Waals surface area contributed by atoms with Crippen LogP contribution in [0.1, 0.15) is 25.8 Å². The van der Waals surface area contributed by atoms with Crippen LogP contribution < -0.4 is 4.74 Å². The quantitative estimate of drug-likeness (QED) is 0.833. The molecule has 0 N–H and O–H groups in total. The fourth-order valence-corrected chi connectivity index (χ4v) is 2.56. The van der Waals surface area contributed by atoms with Crippen LogP contribution in [0.2, 0.25) is 0 Å². The van der Waals surface area contributed by atoms with Crippen LogP contribution in [0, 0.1) is 0 Å². The van der Waals surface area contributed by atoms with E-state index in [1.807, 2.05) is 38.1 Å². The molecule has 4 nitrogen and oxygen atoms in total. The molecule has 1 amide bonds. The Morgan fingerprint density at radius 3 is 2.63 bits per heavy atom. The van der Waals surface area contributed by atoms with Gasteiger partial charge in [-0.15, -0.1) is 0 Å². The number of rotatable bonds is 3.